The monoisotopic (exact) mass is 455 g/mol. The van der Waals surface area contributed by atoms with Gasteiger partial charge in [-0.15, -0.1) is 0 Å². The van der Waals surface area contributed by atoms with Crippen molar-refractivity contribution < 1.29 is 26.7 Å². The highest BCUT2D eigenvalue weighted by molar-refractivity contribution is 6.07. The number of carbonyl (C=O) groups excluding carboxylic acids is 1. The van der Waals surface area contributed by atoms with E-state index < -0.39 is 29.2 Å². The van der Waals surface area contributed by atoms with E-state index in [4.69, 9.17) is 0 Å². The van der Waals surface area contributed by atoms with Crippen LogP contribution in [-0.4, -0.2) is 38.8 Å². The van der Waals surface area contributed by atoms with Crippen molar-refractivity contribution in [2.24, 2.45) is 5.92 Å². The van der Waals surface area contributed by atoms with Gasteiger partial charge in [0.2, 0.25) is 0 Å². The Morgan fingerprint density at radius 1 is 1.06 bits per heavy atom. The van der Waals surface area contributed by atoms with E-state index in [2.05, 4.69) is 10.1 Å². The van der Waals surface area contributed by atoms with Crippen LogP contribution in [0.5, 0.6) is 0 Å². The summed E-state index contributed by atoms with van der Waals surface area (Å²) in [6, 6.07) is 1.75. The second-order valence-electron chi connectivity index (χ2n) is 8.97. The number of hydrogen-bond donors (Lipinski definition) is 0. The molecule has 0 N–H and O–H groups in total. The van der Waals surface area contributed by atoms with Crippen LogP contribution in [0.1, 0.15) is 44.2 Å². The molecule has 5 rings (SSSR count). The Bertz CT molecular complexity index is 1010. The van der Waals surface area contributed by atoms with E-state index in [1.807, 2.05) is 0 Å². The number of aromatic nitrogens is 3. The lowest BCUT2D eigenvalue weighted by Gasteiger charge is -2.39. The standard InChI is InChI=1S/C21H22F5N5O/c22-20(23)8-14(20)11-29-12-16(10-28-29)31-18(32)30(13-19(31)6-2-1-3-7-19)15-4-5-17(27-9-15)21(24,25)26/h4-5,9-10,12,14H,1-3,6-8,11,13H2. The molecular formula is C21H22F5N5O. The molecule has 1 saturated heterocycles. The third kappa shape index (κ3) is 3.61. The zero-order valence-electron chi connectivity index (χ0n) is 17.2. The lowest BCUT2D eigenvalue weighted by atomic mass is 9.81. The van der Waals surface area contributed by atoms with E-state index in [1.165, 1.54) is 21.8 Å². The third-order valence-corrected chi connectivity index (χ3v) is 6.72. The fraction of sp³-hybridized carbons (Fsp3) is 0.571. The Labute approximate surface area is 181 Å². The van der Waals surface area contributed by atoms with Gasteiger partial charge in [-0.1, -0.05) is 19.3 Å². The number of rotatable bonds is 4. The van der Waals surface area contributed by atoms with Crippen LogP contribution in [0.3, 0.4) is 0 Å². The summed E-state index contributed by atoms with van der Waals surface area (Å²) in [5.74, 6) is -3.41. The molecule has 3 aliphatic rings. The molecule has 32 heavy (non-hydrogen) atoms. The van der Waals surface area contributed by atoms with Crippen molar-refractivity contribution in [1.29, 1.82) is 0 Å². The molecule has 3 heterocycles. The van der Waals surface area contributed by atoms with Crippen molar-refractivity contribution in [3.8, 4) is 0 Å². The van der Waals surface area contributed by atoms with Crippen LogP contribution in [0.2, 0.25) is 0 Å². The number of anilines is 2. The van der Waals surface area contributed by atoms with Gasteiger partial charge in [-0.05, 0) is 25.0 Å². The van der Waals surface area contributed by atoms with Gasteiger partial charge in [0, 0.05) is 25.1 Å². The van der Waals surface area contributed by atoms with E-state index in [1.54, 1.807) is 11.1 Å². The van der Waals surface area contributed by atoms with Crippen LogP contribution in [0.15, 0.2) is 30.7 Å². The Balaban J connectivity index is 1.43. The zero-order chi connectivity index (χ0) is 22.7. The fourth-order valence-electron chi connectivity index (χ4n) is 4.91. The molecule has 2 saturated carbocycles. The van der Waals surface area contributed by atoms with Crippen molar-refractivity contribution >= 4 is 17.4 Å². The number of urea groups is 1. The molecule has 11 heteroatoms. The predicted molar refractivity (Wildman–Crippen MR) is 106 cm³/mol. The normalized spacial score (nSPS) is 24.4. The molecule has 1 atom stereocenters. The average Bonchev–Trinajstić information content (AvgIpc) is 3.02. The second kappa shape index (κ2) is 7.14. The van der Waals surface area contributed by atoms with Crippen molar-refractivity contribution in [3.63, 3.8) is 0 Å². The van der Waals surface area contributed by atoms with E-state index in [9.17, 15) is 26.7 Å². The maximum Gasteiger partial charge on any atom is 0.433 e. The minimum absolute atomic E-state index is 0.0779. The highest BCUT2D eigenvalue weighted by Crippen LogP contribution is 2.49. The Kier molecular flexibility index (Phi) is 4.72. The molecule has 2 aromatic heterocycles. The van der Waals surface area contributed by atoms with Crippen molar-refractivity contribution in [3.05, 3.63) is 36.4 Å². The lowest BCUT2D eigenvalue weighted by Crippen LogP contribution is -2.48. The van der Waals surface area contributed by atoms with Gasteiger partial charge in [-0.25, -0.2) is 18.6 Å². The number of amides is 2. The highest BCUT2D eigenvalue weighted by atomic mass is 19.4. The minimum Gasteiger partial charge on any atom is -0.290 e. The van der Waals surface area contributed by atoms with Gasteiger partial charge in [0.25, 0.3) is 5.92 Å². The summed E-state index contributed by atoms with van der Waals surface area (Å²) < 4.78 is 66.7. The Morgan fingerprint density at radius 2 is 1.78 bits per heavy atom. The molecule has 6 nitrogen and oxygen atoms in total. The van der Waals surface area contributed by atoms with Crippen LogP contribution >= 0.6 is 0 Å². The van der Waals surface area contributed by atoms with Crippen LogP contribution in [0, 0.1) is 5.92 Å². The fourth-order valence-corrected chi connectivity index (χ4v) is 4.91. The quantitative estimate of drug-likeness (QED) is 0.603. The van der Waals surface area contributed by atoms with E-state index in [0.29, 0.717) is 17.9 Å². The summed E-state index contributed by atoms with van der Waals surface area (Å²) in [6.45, 7) is 0.402. The summed E-state index contributed by atoms with van der Waals surface area (Å²) in [6.07, 6.45) is 3.84. The number of alkyl halides is 5. The first kappa shape index (κ1) is 21.1. The lowest BCUT2D eigenvalue weighted by molar-refractivity contribution is -0.141. The van der Waals surface area contributed by atoms with Gasteiger partial charge in [0.05, 0.1) is 35.9 Å². The van der Waals surface area contributed by atoms with E-state index >= 15 is 0 Å². The van der Waals surface area contributed by atoms with Crippen molar-refractivity contribution in [2.45, 2.75) is 62.7 Å². The zero-order valence-corrected chi connectivity index (χ0v) is 17.2. The van der Waals surface area contributed by atoms with Crippen LogP contribution in [-0.2, 0) is 12.7 Å². The summed E-state index contributed by atoms with van der Waals surface area (Å²) in [5, 5.41) is 4.19. The maximum atomic E-state index is 13.5. The molecule has 2 aliphatic carbocycles. The van der Waals surface area contributed by atoms with Crippen LogP contribution in [0.25, 0.3) is 0 Å². The number of halogens is 5. The second-order valence-corrected chi connectivity index (χ2v) is 8.97. The SMILES string of the molecule is O=C1N(c2ccc(C(F)(F)F)nc2)CC2(CCCCC2)N1c1cnn(CC2CC2(F)F)c1. The van der Waals surface area contributed by atoms with Gasteiger partial charge in [-0.3, -0.25) is 14.5 Å². The predicted octanol–water partition coefficient (Wildman–Crippen LogP) is 5.10. The highest BCUT2D eigenvalue weighted by Gasteiger charge is 2.57. The van der Waals surface area contributed by atoms with Crippen molar-refractivity contribution in [1.82, 2.24) is 14.8 Å². The van der Waals surface area contributed by atoms with E-state index in [-0.39, 0.29) is 19.0 Å². The minimum atomic E-state index is -4.56. The molecule has 1 aliphatic heterocycles. The first-order valence-corrected chi connectivity index (χ1v) is 10.6. The Hall–Kier alpha value is -2.72. The van der Waals surface area contributed by atoms with Gasteiger partial charge in [0.15, 0.2) is 0 Å². The third-order valence-electron chi connectivity index (χ3n) is 6.72. The first-order chi connectivity index (χ1) is 15.1. The molecule has 0 bridgehead atoms. The topological polar surface area (TPSA) is 54.3 Å². The molecule has 1 spiro atoms. The molecule has 2 aromatic rings. The van der Waals surface area contributed by atoms with Gasteiger partial charge >= 0.3 is 12.2 Å². The molecule has 0 aromatic carbocycles. The van der Waals surface area contributed by atoms with Crippen LogP contribution in [0.4, 0.5) is 38.1 Å². The van der Waals surface area contributed by atoms with Gasteiger partial charge < -0.3 is 0 Å². The molecule has 0 radical (unpaired) electrons. The smallest absolute Gasteiger partial charge is 0.290 e. The number of nitrogens with zero attached hydrogens (tertiary/aromatic N) is 5. The average molecular weight is 455 g/mol. The Morgan fingerprint density at radius 3 is 2.38 bits per heavy atom. The summed E-state index contributed by atoms with van der Waals surface area (Å²) in [4.78, 5) is 20.0. The van der Waals surface area contributed by atoms with Gasteiger partial charge in [-0.2, -0.15) is 18.3 Å². The maximum absolute atomic E-state index is 13.5. The molecule has 3 fully saturated rings. The van der Waals surface area contributed by atoms with E-state index in [0.717, 1.165) is 44.4 Å². The number of pyridine rings is 1. The van der Waals surface area contributed by atoms with Crippen LogP contribution < -0.4 is 9.80 Å². The number of hydrogen-bond acceptors (Lipinski definition) is 3. The first-order valence-electron chi connectivity index (χ1n) is 10.6. The van der Waals surface area contributed by atoms with Crippen molar-refractivity contribution in [2.75, 3.05) is 16.3 Å². The summed E-state index contributed by atoms with van der Waals surface area (Å²) in [5.41, 5.74) is -0.728. The molecule has 172 valence electrons. The summed E-state index contributed by atoms with van der Waals surface area (Å²) >= 11 is 0. The number of carbonyl (C=O) groups is 1. The molecule has 1 unspecified atom stereocenters. The molecular weight excluding hydrogens is 433 g/mol. The molecule has 2 amide bonds. The summed E-state index contributed by atoms with van der Waals surface area (Å²) in [7, 11) is 0. The van der Waals surface area contributed by atoms with Gasteiger partial charge in [0.1, 0.15) is 5.69 Å². The largest absolute Gasteiger partial charge is 0.433 e.